The lowest BCUT2D eigenvalue weighted by molar-refractivity contribution is -0.126. The largest absolute Gasteiger partial charge is 0.272 e. The summed E-state index contributed by atoms with van der Waals surface area (Å²) in [7, 11) is -3.98. The van der Waals surface area contributed by atoms with Gasteiger partial charge in [0.15, 0.2) is 0 Å². The summed E-state index contributed by atoms with van der Waals surface area (Å²) in [5.74, 6) is -0.991. The van der Waals surface area contributed by atoms with Crippen LogP contribution in [-0.4, -0.2) is 40.8 Å². The van der Waals surface area contributed by atoms with E-state index in [-0.39, 0.29) is 23.7 Å². The van der Waals surface area contributed by atoms with Gasteiger partial charge in [-0.2, -0.15) is 0 Å². The fraction of sp³-hybridized carbons (Fsp3) is 0.632. The molecule has 150 valence electrons. The van der Waals surface area contributed by atoms with Gasteiger partial charge in [-0.15, -0.1) is 34.8 Å². The molecule has 2 fully saturated rings. The van der Waals surface area contributed by atoms with E-state index in [4.69, 9.17) is 34.8 Å². The Balaban J connectivity index is 1.91. The lowest BCUT2D eigenvalue weighted by Gasteiger charge is -2.37. The third-order valence-electron chi connectivity index (χ3n) is 5.73. The summed E-state index contributed by atoms with van der Waals surface area (Å²) in [5.41, 5.74) is 0.938. The summed E-state index contributed by atoms with van der Waals surface area (Å²) >= 11 is 19.7. The zero-order chi connectivity index (χ0) is 19.9. The highest BCUT2D eigenvalue weighted by atomic mass is 35.5. The van der Waals surface area contributed by atoms with E-state index in [0.29, 0.717) is 0 Å². The van der Waals surface area contributed by atoms with Gasteiger partial charge >= 0.3 is 0 Å². The van der Waals surface area contributed by atoms with E-state index in [1.54, 1.807) is 12.1 Å². The van der Waals surface area contributed by atoms with Crippen LogP contribution in [-0.2, 0) is 14.8 Å². The van der Waals surface area contributed by atoms with Crippen LogP contribution in [0, 0.1) is 12.8 Å². The fourth-order valence-electron chi connectivity index (χ4n) is 4.07. The van der Waals surface area contributed by atoms with Gasteiger partial charge in [0, 0.05) is 23.2 Å². The molecule has 0 bridgehead atoms. The van der Waals surface area contributed by atoms with Crippen LogP contribution < -0.4 is 0 Å². The van der Waals surface area contributed by atoms with Gasteiger partial charge in [-0.3, -0.25) is 4.79 Å². The van der Waals surface area contributed by atoms with Gasteiger partial charge in [0.25, 0.3) is 15.9 Å². The van der Waals surface area contributed by atoms with Crippen molar-refractivity contribution in [3.05, 3.63) is 29.8 Å². The van der Waals surface area contributed by atoms with E-state index in [0.717, 1.165) is 42.0 Å². The van der Waals surface area contributed by atoms with Gasteiger partial charge in [-0.25, -0.2) is 12.7 Å². The molecule has 4 nitrogen and oxygen atoms in total. The average Bonchev–Trinajstić information content (AvgIpc) is 2.86. The van der Waals surface area contributed by atoms with Crippen LogP contribution in [0.15, 0.2) is 29.2 Å². The minimum atomic E-state index is -3.98. The van der Waals surface area contributed by atoms with Crippen molar-refractivity contribution < 1.29 is 13.2 Å². The maximum absolute atomic E-state index is 13.2. The molecule has 1 aliphatic heterocycles. The van der Waals surface area contributed by atoms with E-state index in [9.17, 15) is 13.2 Å². The van der Waals surface area contributed by atoms with Crippen LogP contribution in [0.1, 0.15) is 44.1 Å². The minimum absolute atomic E-state index is 0.0188. The molecule has 0 N–H and O–H groups in total. The number of amides is 1. The first-order valence-corrected chi connectivity index (χ1v) is 11.9. The lowest BCUT2D eigenvalue weighted by atomic mass is 9.78. The summed E-state index contributed by atoms with van der Waals surface area (Å²) in [6.45, 7) is 1.85. The molecule has 1 aliphatic carbocycles. The van der Waals surface area contributed by atoms with Crippen LogP contribution in [0.2, 0.25) is 0 Å². The molecule has 2 atom stereocenters. The maximum Gasteiger partial charge on any atom is 0.266 e. The van der Waals surface area contributed by atoms with Crippen LogP contribution >= 0.6 is 34.8 Å². The smallest absolute Gasteiger partial charge is 0.266 e. The normalized spacial score (nSPS) is 28.5. The van der Waals surface area contributed by atoms with E-state index in [1.165, 1.54) is 12.1 Å². The van der Waals surface area contributed by atoms with Gasteiger partial charge in [-0.05, 0) is 38.3 Å². The minimum Gasteiger partial charge on any atom is -0.272 e. The molecule has 0 radical (unpaired) electrons. The number of hydrogen-bond acceptors (Lipinski definition) is 3. The number of halogens is 3. The summed E-state index contributed by atoms with van der Waals surface area (Å²) in [5, 5.41) is 0. The van der Waals surface area contributed by atoms with Crippen LogP contribution in [0.25, 0.3) is 0 Å². The Bertz CT molecular complexity index is 806. The number of benzene rings is 1. The molecule has 2 unspecified atom stereocenters. The van der Waals surface area contributed by atoms with E-state index < -0.39 is 31.6 Å². The predicted molar refractivity (Wildman–Crippen MR) is 109 cm³/mol. The van der Waals surface area contributed by atoms with Crippen molar-refractivity contribution in [2.24, 2.45) is 5.92 Å². The molecular weight excluding hydrogens is 429 g/mol. The summed E-state index contributed by atoms with van der Waals surface area (Å²) in [4.78, 5) is 11.3. The number of nitrogens with zero attached hydrogens (tertiary/aromatic N) is 1. The molecular formula is C19H24Cl3NO3S. The van der Waals surface area contributed by atoms with Crippen molar-refractivity contribution in [3.8, 4) is 0 Å². The van der Waals surface area contributed by atoms with E-state index >= 15 is 0 Å². The first-order valence-electron chi connectivity index (χ1n) is 9.20. The third kappa shape index (κ3) is 3.98. The molecule has 1 heterocycles. The standard InChI is InChI=1S/C19H24Cl3NO3S/c1-14-5-7-16(8-6-14)27(25,26)23-12-15(11-20)19(22,17(23)24)13-18(21)9-3-2-4-10-18/h5-8,15H,2-4,9-13H2,1H3. The first-order chi connectivity index (χ1) is 12.6. The second-order valence-electron chi connectivity index (χ2n) is 7.76. The quantitative estimate of drug-likeness (QED) is 0.609. The molecule has 8 heteroatoms. The number of rotatable bonds is 5. The van der Waals surface area contributed by atoms with Crippen molar-refractivity contribution in [1.82, 2.24) is 4.31 Å². The second kappa shape index (κ2) is 7.74. The molecule has 2 aliphatic rings. The monoisotopic (exact) mass is 451 g/mol. The Morgan fingerprint density at radius 3 is 2.26 bits per heavy atom. The van der Waals surface area contributed by atoms with Gasteiger partial charge < -0.3 is 0 Å². The highest BCUT2D eigenvalue weighted by molar-refractivity contribution is 7.89. The van der Waals surface area contributed by atoms with Crippen LogP contribution in [0.5, 0.6) is 0 Å². The molecule has 1 aromatic carbocycles. The molecule has 1 aromatic rings. The Morgan fingerprint density at radius 1 is 1.11 bits per heavy atom. The van der Waals surface area contributed by atoms with Crippen LogP contribution in [0.3, 0.4) is 0 Å². The molecule has 27 heavy (non-hydrogen) atoms. The Kier molecular flexibility index (Phi) is 6.08. The average molecular weight is 453 g/mol. The summed E-state index contributed by atoms with van der Waals surface area (Å²) < 4.78 is 27.0. The van der Waals surface area contributed by atoms with E-state index in [2.05, 4.69) is 0 Å². The second-order valence-corrected chi connectivity index (χ2v) is 11.4. The Morgan fingerprint density at radius 2 is 1.70 bits per heavy atom. The number of carbonyl (C=O) groups is 1. The SMILES string of the molecule is Cc1ccc(S(=O)(=O)N2CC(CCl)C(Cl)(CC3(Cl)CCCCC3)C2=O)cc1. The van der Waals surface area contributed by atoms with E-state index in [1.807, 2.05) is 6.92 Å². The molecule has 1 saturated heterocycles. The summed E-state index contributed by atoms with van der Waals surface area (Å²) in [6, 6.07) is 6.42. The molecule has 1 saturated carbocycles. The molecule has 0 spiro atoms. The molecule has 1 amide bonds. The number of sulfonamides is 1. The van der Waals surface area contributed by atoms with Crippen molar-refractivity contribution in [1.29, 1.82) is 0 Å². The van der Waals surface area contributed by atoms with Gasteiger partial charge in [0.05, 0.1) is 4.90 Å². The van der Waals surface area contributed by atoms with Crippen molar-refractivity contribution >= 4 is 50.7 Å². The van der Waals surface area contributed by atoms with Gasteiger partial charge in [0.1, 0.15) is 4.87 Å². The van der Waals surface area contributed by atoms with Crippen LogP contribution in [0.4, 0.5) is 0 Å². The number of alkyl halides is 3. The third-order valence-corrected chi connectivity index (χ3v) is 8.99. The number of aryl methyl sites for hydroxylation is 1. The first kappa shape index (κ1) is 21.2. The number of carbonyl (C=O) groups excluding carboxylic acids is 1. The maximum atomic E-state index is 13.2. The molecule has 3 rings (SSSR count). The predicted octanol–water partition coefficient (Wildman–Crippen LogP) is 4.69. The zero-order valence-electron chi connectivity index (χ0n) is 15.3. The number of hydrogen-bond donors (Lipinski definition) is 0. The topological polar surface area (TPSA) is 54.5 Å². The Hall–Kier alpha value is -0.490. The van der Waals surface area contributed by atoms with Gasteiger partial charge in [-0.1, -0.05) is 37.0 Å². The molecule has 0 aromatic heterocycles. The van der Waals surface area contributed by atoms with Gasteiger partial charge in [0.2, 0.25) is 0 Å². The fourth-order valence-corrected chi connectivity index (χ4v) is 7.10. The zero-order valence-corrected chi connectivity index (χ0v) is 18.3. The lowest BCUT2D eigenvalue weighted by Crippen LogP contribution is -2.46. The summed E-state index contributed by atoms with van der Waals surface area (Å²) in [6.07, 6.45) is 4.87. The Labute approximate surface area is 176 Å². The highest BCUT2D eigenvalue weighted by Crippen LogP contribution is 2.49. The van der Waals surface area contributed by atoms with Crippen molar-refractivity contribution in [2.75, 3.05) is 12.4 Å². The van der Waals surface area contributed by atoms with Crippen molar-refractivity contribution in [3.63, 3.8) is 0 Å². The highest BCUT2D eigenvalue weighted by Gasteiger charge is 2.58. The van der Waals surface area contributed by atoms with Crippen molar-refractivity contribution in [2.45, 2.75) is 60.1 Å².